The molecule has 9 heteroatoms. The highest BCUT2D eigenvalue weighted by Crippen LogP contribution is 2.27. The molecule has 148 valence electrons. The summed E-state index contributed by atoms with van der Waals surface area (Å²) < 4.78 is 10.5. The molecule has 0 fully saturated rings. The Labute approximate surface area is 161 Å². The summed E-state index contributed by atoms with van der Waals surface area (Å²) in [5.41, 5.74) is 1.17. The molecule has 27 heavy (non-hydrogen) atoms. The van der Waals surface area contributed by atoms with E-state index in [0.29, 0.717) is 6.54 Å². The first-order valence-corrected chi connectivity index (χ1v) is 8.86. The Morgan fingerprint density at radius 1 is 1.11 bits per heavy atom. The number of hydrogen-bond acceptors (Lipinski definition) is 7. The molecule has 0 bridgehead atoms. The maximum atomic E-state index is 9.97. The molecule has 0 aliphatic heterocycles. The van der Waals surface area contributed by atoms with Crippen LogP contribution in [0.2, 0.25) is 0 Å². The molecule has 1 aromatic carbocycles. The number of hydrogen-bond donors (Lipinski definition) is 4. The van der Waals surface area contributed by atoms with Crippen molar-refractivity contribution in [2.45, 2.75) is 12.5 Å². The SMILES string of the molecule is COc1ccc(CCNCC(O)c2cccs2)cc1OC.O=C(O)C(=O)O. The second kappa shape index (κ2) is 11.9. The van der Waals surface area contributed by atoms with Gasteiger partial charge in [-0.1, -0.05) is 12.1 Å². The number of carbonyl (C=O) groups is 2. The third kappa shape index (κ3) is 8.07. The molecule has 1 unspecified atom stereocenters. The van der Waals surface area contributed by atoms with Crippen LogP contribution in [0.5, 0.6) is 11.5 Å². The predicted molar refractivity (Wildman–Crippen MR) is 101 cm³/mol. The lowest BCUT2D eigenvalue weighted by molar-refractivity contribution is -0.159. The van der Waals surface area contributed by atoms with Crippen molar-refractivity contribution in [1.82, 2.24) is 5.32 Å². The highest BCUT2D eigenvalue weighted by molar-refractivity contribution is 7.10. The molecule has 1 atom stereocenters. The van der Waals surface area contributed by atoms with E-state index in [1.807, 2.05) is 35.7 Å². The molecule has 0 spiro atoms. The van der Waals surface area contributed by atoms with Crippen molar-refractivity contribution < 1.29 is 34.4 Å². The summed E-state index contributed by atoms with van der Waals surface area (Å²) in [4.78, 5) is 19.2. The van der Waals surface area contributed by atoms with Gasteiger partial charge in [0.2, 0.25) is 0 Å². The smallest absolute Gasteiger partial charge is 0.414 e. The Hall–Kier alpha value is -2.62. The average molecular weight is 397 g/mol. The van der Waals surface area contributed by atoms with Crippen LogP contribution in [0.25, 0.3) is 0 Å². The van der Waals surface area contributed by atoms with Crippen molar-refractivity contribution in [1.29, 1.82) is 0 Å². The third-order valence-electron chi connectivity index (χ3n) is 3.43. The molecule has 4 N–H and O–H groups in total. The van der Waals surface area contributed by atoms with E-state index in [1.54, 1.807) is 25.6 Å². The number of carboxylic acids is 2. The van der Waals surface area contributed by atoms with Gasteiger partial charge in [-0.15, -0.1) is 11.3 Å². The molecule has 0 radical (unpaired) electrons. The average Bonchev–Trinajstić information content (AvgIpc) is 3.20. The van der Waals surface area contributed by atoms with Crippen molar-refractivity contribution in [2.24, 2.45) is 0 Å². The lowest BCUT2D eigenvalue weighted by Gasteiger charge is -2.11. The predicted octanol–water partition coefficient (Wildman–Crippen LogP) is 1.79. The summed E-state index contributed by atoms with van der Waals surface area (Å²) in [6.07, 6.45) is 0.438. The van der Waals surface area contributed by atoms with E-state index in [4.69, 9.17) is 29.3 Å². The largest absolute Gasteiger partial charge is 0.493 e. The molecule has 0 saturated heterocycles. The minimum atomic E-state index is -1.82. The molecule has 0 aliphatic carbocycles. The summed E-state index contributed by atoms with van der Waals surface area (Å²) in [7, 11) is 3.27. The van der Waals surface area contributed by atoms with Crippen LogP contribution in [-0.2, 0) is 16.0 Å². The van der Waals surface area contributed by atoms with E-state index in [0.717, 1.165) is 29.3 Å². The van der Waals surface area contributed by atoms with Crippen LogP contribution in [0.3, 0.4) is 0 Å². The van der Waals surface area contributed by atoms with E-state index >= 15 is 0 Å². The first-order valence-electron chi connectivity index (χ1n) is 7.98. The monoisotopic (exact) mass is 397 g/mol. The number of methoxy groups -OCH3 is 2. The van der Waals surface area contributed by atoms with Crippen molar-refractivity contribution in [3.8, 4) is 11.5 Å². The number of carboxylic acid groups (broad SMARTS) is 2. The molecule has 0 amide bonds. The van der Waals surface area contributed by atoms with Gasteiger partial charge in [0.05, 0.1) is 14.2 Å². The normalized spacial score (nSPS) is 11.1. The van der Waals surface area contributed by atoms with Gasteiger partial charge >= 0.3 is 11.9 Å². The molecule has 2 aromatic rings. The number of aliphatic carboxylic acids is 2. The van der Waals surface area contributed by atoms with Crippen LogP contribution < -0.4 is 14.8 Å². The third-order valence-corrected chi connectivity index (χ3v) is 4.40. The number of benzene rings is 1. The maximum absolute atomic E-state index is 9.97. The summed E-state index contributed by atoms with van der Waals surface area (Å²) in [6, 6.07) is 9.82. The van der Waals surface area contributed by atoms with Crippen LogP contribution in [-0.4, -0.2) is 54.6 Å². The number of aliphatic hydroxyl groups excluding tert-OH is 1. The van der Waals surface area contributed by atoms with Crippen molar-refractivity contribution >= 4 is 23.3 Å². The Kier molecular flexibility index (Phi) is 9.88. The maximum Gasteiger partial charge on any atom is 0.414 e. The number of nitrogens with one attached hydrogen (secondary N) is 1. The zero-order valence-corrected chi connectivity index (χ0v) is 15.9. The van der Waals surface area contributed by atoms with Crippen LogP contribution in [0.1, 0.15) is 16.5 Å². The molecule has 1 aromatic heterocycles. The highest BCUT2D eigenvalue weighted by atomic mass is 32.1. The van der Waals surface area contributed by atoms with Crippen LogP contribution in [0.4, 0.5) is 0 Å². The molecule has 0 aliphatic rings. The minimum Gasteiger partial charge on any atom is -0.493 e. The number of aliphatic hydroxyl groups is 1. The molecule has 2 rings (SSSR count). The molecular weight excluding hydrogens is 374 g/mol. The van der Waals surface area contributed by atoms with Crippen molar-refractivity contribution in [3.05, 3.63) is 46.2 Å². The molecule has 1 heterocycles. The highest BCUT2D eigenvalue weighted by Gasteiger charge is 2.08. The van der Waals surface area contributed by atoms with Gasteiger partial charge in [-0.3, -0.25) is 0 Å². The topological polar surface area (TPSA) is 125 Å². The lowest BCUT2D eigenvalue weighted by Crippen LogP contribution is -2.23. The van der Waals surface area contributed by atoms with Gasteiger partial charge in [0.15, 0.2) is 11.5 Å². The second-order valence-electron chi connectivity index (χ2n) is 5.28. The Morgan fingerprint density at radius 3 is 2.30 bits per heavy atom. The van der Waals surface area contributed by atoms with Gasteiger partial charge in [-0.2, -0.15) is 0 Å². The van der Waals surface area contributed by atoms with Crippen LogP contribution >= 0.6 is 11.3 Å². The van der Waals surface area contributed by atoms with Gasteiger partial charge in [0.25, 0.3) is 0 Å². The van der Waals surface area contributed by atoms with Crippen molar-refractivity contribution in [2.75, 3.05) is 27.3 Å². The Bertz CT molecular complexity index is 707. The lowest BCUT2D eigenvalue weighted by atomic mass is 10.1. The summed E-state index contributed by atoms with van der Waals surface area (Å²) in [6.45, 7) is 1.37. The minimum absolute atomic E-state index is 0.435. The fraction of sp³-hybridized carbons (Fsp3) is 0.333. The van der Waals surface area contributed by atoms with Gasteiger partial charge in [0, 0.05) is 11.4 Å². The Morgan fingerprint density at radius 2 is 1.78 bits per heavy atom. The Balaban J connectivity index is 0.000000527. The van der Waals surface area contributed by atoms with Crippen LogP contribution in [0, 0.1) is 0 Å². The standard InChI is InChI=1S/C16H21NO3S.C2H2O4/c1-19-14-6-5-12(10-15(14)20-2)7-8-17-11-13(18)16-4-3-9-21-16;3-1(4)2(5)6/h3-6,9-10,13,17-18H,7-8,11H2,1-2H3;(H,3,4)(H,5,6). The first kappa shape index (κ1) is 22.4. The zero-order valence-electron chi connectivity index (χ0n) is 15.0. The first-order chi connectivity index (χ1) is 12.9. The van der Waals surface area contributed by atoms with Gasteiger partial charge in [-0.25, -0.2) is 9.59 Å². The number of rotatable bonds is 8. The van der Waals surface area contributed by atoms with Gasteiger partial charge < -0.3 is 30.1 Å². The van der Waals surface area contributed by atoms with E-state index < -0.39 is 18.0 Å². The van der Waals surface area contributed by atoms with E-state index in [-0.39, 0.29) is 0 Å². The number of ether oxygens (including phenoxy) is 2. The molecule has 8 nitrogen and oxygen atoms in total. The van der Waals surface area contributed by atoms with Gasteiger partial charge in [-0.05, 0) is 42.1 Å². The van der Waals surface area contributed by atoms with E-state index in [1.165, 1.54) is 5.56 Å². The second-order valence-corrected chi connectivity index (χ2v) is 6.26. The summed E-state index contributed by atoms with van der Waals surface area (Å²) >= 11 is 1.57. The molecular formula is C18H23NO7S. The summed E-state index contributed by atoms with van der Waals surface area (Å²) in [5, 5.41) is 30.0. The fourth-order valence-electron chi connectivity index (χ4n) is 2.09. The van der Waals surface area contributed by atoms with E-state index in [9.17, 15) is 5.11 Å². The molecule has 0 saturated carbocycles. The van der Waals surface area contributed by atoms with E-state index in [2.05, 4.69) is 5.32 Å². The number of thiophene rings is 1. The fourth-order valence-corrected chi connectivity index (χ4v) is 2.80. The summed E-state index contributed by atoms with van der Waals surface area (Å²) in [5.74, 6) is -2.17. The van der Waals surface area contributed by atoms with Crippen LogP contribution in [0.15, 0.2) is 35.7 Å². The zero-order chi connectivity index (χ0) is 20.2. The van der Waals surface area contributed by atoms with Crippen molar-refractivity contribution in [3.63, 3.8) is 0 Å². The quantitative estimate of drug-likeness (QED) is 0.392. The van der Waals surface area contributed by atoms with Gasteiger partial charge in [0.1, 0.15) is 6.10 Å².